The van der Waals surface area contributed by atoms with Crippen molar-refractivity contribution in [1.29, 1.82) is 0 Å². The second kappa shape index (κ2) is 8.16. The van der Waals surface area contributed by atoms with Crippen LogP contribution in [0, 0.1) is 5.82 Å². The molecule has 4 rings (SSSR count). The van der Waals surface area contributed by atoms with Crippen molar-refractivity contribution in [3.05, 3.63) is 81.7 Å². The molecule has 0 amide bonds. The van der Waals surface area contributed by atoms with E-state index in [1.54, 1.807) is 6.07 Å². The first-order valence-corrected chi connectivity index (χ1v) is 10.1. The van der Waals surface area contributed by atoms with Crippen molar-refractivity contribution in [2.75, 3.05) is 38.1 Å². The van der Waals surface area contributed by atoms with Crippen molar-refractivity contribution in [3.8, 4) is 5.69 Å². The molecule has 1 fully saturated rings. The largest absolute Gasteiger partial charge is 0.355 e. The third-order valence-electron chi connectivity index (χ3n) is 5.20. The van der Waals surface area contributed by atoms with E-state index < -0.39 is 0 Å². The van der Waals surface area contributed by atoms with Crippen LogP contribution in [0.1, 0.15) is 11.1 Å². The normalized spacial score (nSPS) is 15.2. The average molecular weight is 418 g/mol. The Morgan fingerprint density at radius 1 is 0.929 bits per heavy atom. The average Bonchev–Trinajstić information content (AvgIpc) is 3.09. The molecule has 0 spiro atoms. The standard InChI is InChI=1S/C22H22Cl2FN3/c1-26-8-10-27(11-9-26)22-13-16(12-17-2-3-18(23)14-21(17)24)15-28(22)20-6-4-19(25)5-7-20/h2-7,13-15H,8-12H2,1H3. The van der Waals surface area contributed by atoms with Crippen LogP contribution < -0.4 is 4.90 Å². The van der Waals surface area contributed by atoms with Gasteiger partial charge in [-0.15, -0.1) is 0 Å². The van der Waals surface area contributed by atoms with Crippen molar-refractivity contribution in [3.63, 3.8) is 0 Å². The predicted octanol–water partition coefficient (Wildman–Crippen LogP) is 5.27. The molecule has 146 valence electrons. The van der Waals surface area contributed by atoms with E-state index in [1.165, 1.54) is 12.1 Å². The van der Waals surface area contributed by atoms with Gasteiger partial charge in [0.25, 0.3) is 0 Å². The first-order valence-electron chi connectivity index (χ1n) is 9.34. The van der Waals surface area contributed by atoms with Crippen LogP contribution in [0.2, 0.25) is 10.0 Å². The van der Waals surface area contributed by atoms with E-state index in [0.717, 1.165) is 48.8 Å². The van der Waals surface area contributed by atoms with Crippen LogP contribution >= 0.6 is 23.2 Å². The van der Waals surface area contributed by atoms with Crippen molar-refractivity contribution >= 4 is 29.0 Å². The maximum absolute atomic E-state index is 13.4. The summed E-state index contributed by atoms with van der Waals surface area (Å²) in [6.07, 6.45) is 2.83. The molecule has 1 aromatic heterocycles. The van der Waals surface area contributed by atoms with Gasteiger partial charge >= 0.3 is 0 Å². The van der Waals surface area contributed by atoms with Gasteiger partial charge in [-0.2, -0.15) is 0 Å². The number of nitrogens with zero attached hydrogens (tertiary/aromatic N) is 3. The summed E-state index contributed by atoms with van der Waals surface area (Å²) in [5.74, 6) is 0.894. The molecule has 0 bridgehead atoms. The molecule has 0 unspecified atom stereocenters. The van der Waals surface area contributed by atoms with Crippen LogP contribution in [-0.2, 0) is 6.42 Å². The Labute approximate surface area is 174 Å². The summed E-state index contributed by atoms with van der Waals surface area (Å²) in [6.45, 7) is 3.96. The highest BCUT2D eigenvalue weighted by Crippen LogP contribution is 2.29. The van der Waals surface area contributed by atoms with Gasteiger partial charge in [-0.25, -0.2) is 4.39 Å². The molecule has 0 atom stereocenters. The van der Waals surface area contributed by atoms with Crippen molar-refractivity contribution in [2.24, 2.45) is 0 Å². The minimum absolute atomic E-state index is 0.231. The Hall–Kier alpha value is -2.01. The molecule has 0 radical (unpaired) electrons. The van der Waals surface area contributed by atoms with Crippen LogP contribution in [0.5, 0.6) is 0 Å². The number of halogens is 3. The van der Waals surface area contributed by atoms with Gasteiger partial charge in [0.05, 0.1) is 0 Å². The highest BCUT2D eigenvalue weighted by Gasteiger charge is 2.19. The summed E-state index contributed by atoms with van der Waals surface area (Å²) in [6, 6.07) is 14.4. The topological polar surface area (TPSA) is 11.4 Å². The van der Waals surface area contributed by atoms with Crippen molar-refractivity contribution < 1.29 is 4.39 Å². The summed E-state index contributed by atoms with van der Waals surface area (Å²) in [5, 5.41) is 1.30. The van der Waals surface area contributed by atoms with E-state index in [4.69, 9.17) is 23.2 Å². The zero-order chi connectivity index (χ0) is 19.7. The summed E-state index contributed by atoms with van der Waals surface area (Å²) in [4.78, 5) is 4.71. The van der Waals surface area contributed by atoms with Crippen LogP contribution in [0.4, 0.5) is 10.2 Å². The molecule has 3 nitrogen and oxygen atoms in total. The Morgan fingerprint density at radius 3 is 2.32 bits per heavy atom. The number of piperazine rings is 1. The van der Waals surface area contributed by atoms with E-state index in [1.807, 2.05) is 24.3 Å². The fraction of sp³-hybridized carbons (Fsp3) is 0.273. The van der Waals surface area contributed by atoms with E-state index in [-0.39, 0.29) is 5.82 Å². The maximum atomic E-state index is 13.4. The Kier molecular flexibility index (Phi) is 5.63. The number of hydrogen-bond donors (Lipinski definition) is 0. The Morgan fingerprint density at radius 2 is 1.64 bits per heavy atom. The van der Waals surface area contributed by atoms with E-state index in [9.17, 15) is 4.39 Å². The van der Waals surface area contributed by atoms with Gasteiger partial charge in [-0.05, 0) is 60.6 Å². The number of anilines is 1. The predicted molar refractivity (Wildman–Crippen MR) is 115 cm³/mol. The Bertz CT molecular complexity index is 960. The molecule has 1 aliphatic heterocycles. The van der Waals surface area contributed by atoms with E-state index >= 15 is 0 Å². The first kappa shape index (κ1) is 19.3. The minimum atomic E-state index is -0.231. The monoisotopic (exact) mass is 417 g/mol. The summed E-state index contributed by atoms with van der Waals surface area (Å²) < 4.78 is 15.6. The summed E-state index contributed by atoms with van der Waals surface area (Å²) >= 11 is 12.4. The first-order chi connectivity index (χ1) is 13.5. The zero-order valence-electron chi connectivity index (χ0n) is 15.7. The van der Waals surface area contributed by atoms with Crippen LogP contribution in [0.25, 0.3) is 5.69 Å². The molecule has 2 heterocycles. The molecule has 0 aliphatic carbocycles. The van der Waals surface area contributed by atoms with Gasteiger partial charge in [0.15, 0.2) is 0 Å². The highest BCUT2D eigenvalue weighted by molar-refractivity contribution is 6.35. The number of benzene rings is 2. The molecular formula is C22H22Cl2FN3. The maximum Gasteiger partial charge on any atom is 0.123 e. The smallest absolute Gasteiger partial charge is 0.123 e. The summed E-state index contributed by atoms with van der Waals surface area (Å²) in [7, 11) is 2.14. The van der Waals surface area contributed by atoms with Crippen molar-refractivity contribution in [1.82, 2.24) is 9.47 Å². The van der Waals surface area contributed by atoms with Gasteiger partial charge < -0.3 is 14.4 Å². The SMILES string of the molecule is CN1CCN(c2cc(Cc3ccc(Cl)cc3Cl)cn2-c2ccc(F)cc2)CC1. The molecular weight excluding hydrogens is 396 g/mol. The lowest BCUT2D eigenvalue weighted by molar-refractivity contribution is 0.311. The van der Waals surface area contributed by atoms with Crippen LogP contribution in [0.3, 0.4) is 0 Å². The lowest BCUT2D eigenvalue weighted by Gasteiger charge is -2.34. The molecule has 6 heteroatoms. The molecule has 28 heavy (non-hydrogen) atoms. The van der Waals surface area contributed by atoms with Gasteiger partial charge in [0, 0.05) is 54.5 Å². The van der Waals surface area contributed by atoms with E-state index in [2.05, 4.69) is 33.7 Å². The number of rotatable bonds is 4. The number of hydrogen-bond acceptors (Lipinski definition) is 2. The fourth-order valence-electron chi connectivity index (χ4n) is 3.57. The molecule has 0 saturated carbocycles. The van der Waals surface area contributed by atoms with Gasteiger partial charge in [0.2, 0.25) is 0 Å². The minimum Gasteiger partial charge on any atom is -0.355 e. The van der Waals surface area contributed by atoms with Crippen LogP contribution in [-0.4, -0.2) is 42.7 Å². The molecule has 3 aromatic rings. The van der Waals surface area contributed by atoms with Gasteiger partial charge in [0.1, 0.15) is 11.6 Å². The fourth-order valence-corrected chi connectivity index (χ4v) is 4.05. The quantitative estimate of drug-likeness (QED) is 0.572. The number of aromatic nitrogens is 1. The van der Waals surface area contributed by atoms with Gasteiger partial charge in [-0.3, -0.25) is 0 Å². The Balaban J connectivity index is 1.70. The van der Waals surface area contributed by atoms with E-state index in [0.29, 0.717) is 16.5 Å². The van der Waals surface area contributed by atoms with Gasteiger partial charge in [-0.1, -0.05) is 29.3 Å². The molecule has 0 N–H and O–H groups in total. The molecule has 1 saturated heterocycles. The summed E-state index contributed by atoms with van der Waals surface area (Å²) in [5.41, 5.74) is 3.14. The molecule has 1 aliphatic rings. The highest BCUT2D eigenvalue weighted by atomic mass is 35.5. The third-order valence-corrected chi connectivity index (χ3v) is 5.78. The zero-order valence-corrected chi connectivity index (χ0v) is 17.2. The third kappa shape index (κ3) is 4.19. The second-order valence-corrected chi connectivity index (χ2v) is 8.10. The lowest BCUT2D eigenvalue weighted by atomic mass is 10.1. The molecule has 2 aromatic carbocycles. The van der Waals surface area contributed by atoms with Crippen molar-refractivity contribution in [2.45, 2.75) is 6.42 Å². The van der Waals surface area contributed by atoms with Crippen LogP contribution in [0.15, 0.2) is 54.7 Å². The lowest BCUT2D eigenvalue weighted by Crippen LogP contribution is -2.45. The number of likely N-dealkylation sites (N-methyl/N-ethyl adjacent to an activating group) is 1. The second-order valence-electron chi connectivity index (χ2n) is 7.26.